The van der Waals surface area contributed by atoms with E-state index < -0.39 is 6.10 Å². The molecule has 1 aromatic rings. The van der Waals surface area contributed by atoms with Gasteiger partial charge in [0.2, 0.25) is 5.88 Å². The van der Waals surface area contributed by atoms with Crippen LogP contribution in [0.2, 0.25) is 0 Å². The molecule has 0 amide bonds. The summed E-state index contributed by atoms with van der Waals surface area (Å²) in [6, 6.07) is 3.46. The molecule has 0 saturated carbocycles. The van der Waals surface area contributed by atoms with Gasteiger partial charge in [0.25, 0.3) is 0 Å². The molecule has 108 valence electrons. The van der Waals surface area contributed by atoms with Gasteiger partial charge in [0.05, 0.1) is 19.3 Å². The van der Waals surface area contributed by atoms with Gasteiger partial charge in [-0.2, -0.15) is 5.84 Å². The van der Waals surface area contributed by atoms with Gasteiger partial charge in [-0.15, -0.1) is 10.2 Å². The van der Waals surface area contributed by atoms with Crippen LogP contribution in [0.15, 0.2) is 12.1 Å². The fourth-order valence-electron chi connectivity index (χ4n) is 2.24. The van der Waals surface area contributed by atoms with Crippen LogP contribution in [0.4, 0.5) is 0 Å². The first-order chi connectivity index (χ1) is 9.20. The lowest BCUT2D eigenvalue weighted by molar-refractivity contribution is -0.921. The minimum Gasteiger partial charge on any atom is -0.480 e. The number of hydrogen-bond donors (Lipinski definition) is 3. The summed E-state index contributed by atoms with van der Waals surface area (Å²) in [7, 11) is 1.54. The first-order valence-electron chi connectivity index (χ1n) is 6.86. The molecule has 2 rings (SSSR count). The van der Waals surface area contributed by atoms with E-state index in [2.05, 4.69) is 10.2 Å². The van der Waals surface area contributed by atoms with Gasteiger partial charge in [-0.25, -0.2) is 0 Å². The van der Waals surface area contributed by atoms with Crippen LogP contribution in [-0.4, -0.2) is 35.5 Å². The number of aliphatic hydroxyl groups is 1. The number of aliphatic hydroxyl groups excluding tert-OH is 1. The minimum absolute atomic E-state index is 0.159. The summed E-state index contributed by atoms with van der Waals surface area (Å²) in [6.07, 6.45) is 1.43. The van der Waals surface area contributed by atoms with Gasteiger partial charge in [-0.3, -0.25) is 5.01 Å². The Labute approximate surface area is 114 Å². The Morgan fingerprint density at radius 3 is 2.68 bits per heavy atom. The Hall–Kier alpha value is -1.24. The topological polar surface area (TPSA) is 85.7 Å². The summed E-state index contributed by atoms with van der Waals surface area (Å²) in [5, 5.41) is 19.0. The van der Waals surface area contributed by atoms with Crippen molar-refractivity contribution >= 4 is 0 Å². The molecular weight excluding hydrogens is 244 g/mol. The van der Waals surface area contributed by atoms with Crippen LogP contribution in [0.5, 0.6) is 5.88 Å². The highest BCUT2D eigenvalue weighted by atomic mass is 16.5. The smallest absolute Gasteiger partial charge is 0.233 e. The van der Waals surface area contributed by atoms with Crippen molar-refractivity contribution in [3.63, 3.8) is 0 Å². The van der Waals surface area contributed by atoms with Gasteiger partial charge in [0.1, 0.15) is 12.6 Å². The zero-order valence-corrected chi connectivity index (χ0v) is 12.0. The molecule has 1 aliphatic rings. The normalized spacial score (nSPS) is 24.1. The van der Waals surface area contributed by atoms with Crippen LogP contribution >= 0.6 is 0 Å². The molecule has 0 aromatic carbocycles. The lowest BCUT2D eigenvalue weighted by atomic mass is 9.91. The maximum Gasteiger partial charge on any atom is 0.233 e. The van der Waals surface area contributed by atoms with Crippen molar-refractivity contribution in [2.24, 2.45) is 11.8 Å². The first kappa shape index (κ1) is 15.8. The van der Waals surface area contributed by atoms with Crippen molar-refractivity contribution < 1.29 is 14.9 Å². The molecular formula is C13H25N4O2+. The van der Waals surface area contributed by atoms with E-state index in [1.54, 1.807) is 12.1 Å². The summed E-state index contributed by atoms with van der Waals surface area (Å²) >= 11 is 0. The molecule has 1 aliphatic heterocycles. The zero-order chi connectivity index (χ0) is 14.3. The third-order valence-electron chi connectivity index (χ3n) is 3.22. The second-order valence-corrected chi connectivity index (χ2v) is 4.46. The predicted octanol–water partition coefficient (Wildman–Crippen LogP) is -0.287. The Morgan fingerprint density at radius 1 is 1.42 bits per heavy atom. The van der Waals surface area contributed by atoms with Crippen LogP contribution in [0.1, 0.15) is 38.5 Å². The van der Waals surface area contributed by atoms with Crippen molar-refractivity contribution in [2.75, 3.05) is 20.2 Å². The number of ether oxygens (including phenoxy) is 1. The highest BCUT2D eigenvalue weighted by Gasteiger charge is 2.29. The van der Waals surface area contributed by atoms with Gasteiger partial charge < -0.3 is 9.84 Å². The predicted molar refractivity (Wildman–Crippen MR) is 72.5 cm³/mol. The number of methoxy groups -OCH3 is 1. The van der Waals surface area contributed by atoms with Crippen LogP contribution < -0.4 is 15.6 Å². The van der Waals surface area contributed by atoms with E-state index in [1.807, 2.05) is 13.8 Å². The summed E-state index contributed by atoms with van der Waals surface area (Å²) in [6.45, 7) is 5.74. The van der Waals surface area contributed by atoms with Gasteiger partial charge in [-0.05, 0) is 18.9 Å². The molecule has 6 nitrogen and oxygen atoms in total. The number of nitrogens with two attached hydrogens (primary N) is 1. The van der Waals surface area contributed by atoms with E-state index in [4.69, 9.17) is 10.6 Å². The highest BCUT2D eigenvalue weighted by Crippen LogP contribution is 2.24. The summed E-state index contributed by atoms with van der Waals surface area (Å²) in [5.74, 6) is 6.45. The Bertz CT molecular complexity index is 358. The number of quaternary nitrogens is 1. The van der Waals surface area contributed by atoms with Gasteiger partial charge in [0, 0.05) is 12.0 Å². The third-order valence-corrected chi connectivity index (χ3v) is 3.22. The molecule has 0 radical (unpaired) electrons. The molecule has 1 saturated heterocycles. The number of hydrogen-bond acceptors (Lipinski definition) is 5. The molecule has 0 spiro atoms. The van der Waals surface area contributed by atoms with Crippen molar-refractivity contribution in [1.82, 2.24) is 10.2 Å². The SMILES string of the molecule is CC.COc1ccc(C(O)C2CCC[NH+](N)C2)nn1. The molecule has 19 heavy (non-hydrogen) atoms. The van der Waals surface area contributed by atoms with E-state index in [1.165, 1.54) is 7.11 Å². The van der Waals surface area contributed by atoms with Crippen LogP contribution in [0, 0.1) is 5.92 Å². The molecule has 0 bridgehead atoms. The minimum atomic E-state index is -0.591. The number of nitrogens with zero attached hydrogens (tertiary/aromatic N) is 2. The molecule has 6 heteroatoms. The zero-order valence-electron chi connectivity index (χ0n) is 12.0. The molecule has 3 atom stereocenters. The second-order valence-electron chi connectivity index (χ2n) is 4.46. The Morgan fingerprint density at radius 2 is 2.16 bits per heavy atom. The maximum atomic E-state index is 10.2. The van der Waals surface area contributed by atoms with Crippen molar-refractivity contribution in [2.45, 2.75) is 32.8 Å². The van der Waals surface area contributed by atoms with Gasteiger partial charge in [-0.1, -0.05) is 13.8 Å². The van der Waals surface area contributed by atoms with E-state index in [-0.39, 0.29) is 5.92 Å². The molecule has 3 unspecified atom stereocenters. The molecule has 0 aliphatic carbocycles. The van der Waals surface area contributed by atoms with Crippen LogP contribution in [-0.2, 0) is 0 Å². The number of rotatable bonds is 3. The first-order valence-corrected chi connectivity index (χ1v) is 6.86. The summed E-state index contributed by atoms with van der Waals surface area (Å²) in [5.41, 5.74) is 0.588. The van der Waals surface area contributed by atoms with E-state index in [0.717, 1.165) is 30.9 Å². The standard InChI is InChI=1S/C11H18N4O2.C2H6/c1-17-10-5-4-9(13-14-10)11(16)8-3-2-6-15(12)7-8;1-2/h4-5,8,11,16H,2-3,6-7,12H2,1H3;1-2H3/p+1. The van der Waals surface area contributed by atoms with Gasteiger partial charge >= 0.3 is 0 Å². The van der Waals surface area contributed by atoms with Crippen molar-refractivity contribution in [3.05, 3.63) is 17.8 Å². The highest BCUT2D eigenvalue weighted by molar-refractivity contribution is 5.13. The van der Waals surface area contributed by atoms with Crippen LogP contribution in [0.25, 0.3) is 0 Å². The monoisotopic (exact) mass is 269 g/mol. The quantitative estimate of drug-likeness (QED) is 0.657. The van der Waals surface area contributed by atoms with Crippen molar-refractivity contribution in [3.8, 4) is 5.88 Å². The number of nitrogens with one attached hydrogen (secondary N) is 1. The van der Waals surface area contributed by atoms with Crippen molar-refractivity contribution in [1.29, 1.82) is 0 Å². The summed E-state index contributed by atoms with van der Waals surface area (Å²) in [4.78, 5) is 0. The third kappa shape index (κ3) is 4.41. The lowest BCUT2D eigenvalue weighted by Gasteiger charge is -2.28. The van der Waals surface area contributed by atoms with E-state index in [9.17, 15) is 5.11 Å². The lowest BCUT2D eigenvalue weighted by Crippen LogP contribution is -3.19. The number of piperidine rings is 1. The van der Waals surface area contributed by atoms with Gasteiger partial charge in [0.15, 0.2) is 0 Å². The van der Waals surface area contributed by atoms with E-state index in [0.29, 0.717) is 11.6 Å². The average Bonchev–Trinajstić information content (AvgIpc) is 2.48. The maximum absolute atomic E-state index is 10.2. The van der Waals surface area contributed by atoms with Crippen LogP contribution in [0.3, 0.4) is 0 Å². The molecule has 4 N–H and O–H groups in total. The summed E-state index contributed by atoms with van der Waals surface area (Å²) < 4.78 is 4.93. The number of aromatic nitrogens is 2. The molecule has 2 heterocycles. The largest absolute Gasteiger partial charge is 0.480 e. The second kappa shape index (κ2) is 8.04. The Balaban J connectivity index is 0.000000861. The molecule has 1 aromatic heterocycles. The fraction of sp³-hybridized carbons (Fsp3) is 0.692. The molecule has 1 fully saturated rings. The van der Waals surface area contributed by atoms with E-state index >= 15 is 0 Å². The Kier molecular flexibility index (Phi) is 6.69. The fourth-order valence-corrected chi connectivity index (χ4v) is 2.24. The average molecular weight is 269 g/mol.